The van der Waals surface area contributed by atoms with Crippen molar-refractivity contribution in [2.24, 2.45) is 0 Å². The van der Waals surface area contributed by atoms with Gasteiger partial charge in [0.05, 0.1) is 17.1 Å². The van der Waals surface area contributed by atoms with Crippen molar-refractivity contribution in [2.75, 3.05) is 17.7 Å². The van der Waals surface area contributed by atoms with Crippen LogP contribution in [0.4, 0.5) is 10.1 Å². The number of ether oxygens (including phenoxy) is 1. The van der Waals surface area contributed by atoms with E-state index in [1.165, 1.54) is 35.2 Å². The second-order valence-corrected chi connectivity index (χ2v) is 8.27. The van der Waals surface area contributed by atoms with Crippen molar-refractivity contribution in [1.29, 1.82) is 0 Å². The summed E-state index contributed by atoms with van der Waals surface area (Å²) in [6.07, 6.45) is 0. The number of fused-ring (bicyclic) bond motifs is 2. The Bertz CT molecular complexity index is 1280. The van der Waals surface area contributed by atoms with Crippen molar-refractivity contribution < 1.29 is 18.7 Å². The van der Waals surface area contributed by atoms with Crippen LogP contribution in [-0.4, -0.2) is 38.6 Å². The number of halogens is 1. The molecule has 2 aromatic carbocycles. The van der Waals surface area contributed by atoms with E-state index in [1.807, 2.05) is 9.78 Å². The molecule has 0 fully saturated rings. The van der Waals surface area contributed by atoms with Crippen LogP contribution in [0.15, 0.2) is 53.0 Å². The lowest BCUT2D eigenvalue weighted by Gasteiger charge is -2.18. The third-order valence-electron chi connectivity index (χ3n) is 4.53. The topological polar surface area (TPSA) is 85.6 Å². The Morgan fingerprint density at radius 2 is 2.07 bits per heavy atom. The Labute approximate surface area is 177 Å². The highest BCUT2D eigenvalue weighted by Gasteiger charge is 2.19. The summed E-state index contributed by atoms with van der Waals surface area (Å²) in [5.74, 6) is 0.0182. The van der Waals surface area contributed by atoms with Gasteiger partial charge in [0.2, 0.25) is 4.96 Å². The van der Waals surface area contributed by atoms with Crippen LogP contribution in [0.1, 0.15) is 10.4 Å². The van der Waals surface area contributed by atoms with Gasteiger partial charge in [-0.1, -0.05) is 11.8 Å². The number of amides is 1. The molecule has 0 bridgehead atoms. The number of nitrogens with one attached hydrogen (secondary N) is 1. The van der Waals surface area contributed by atoms with Gasteiger partial charge in [-0.2, -0.15) is 0 Å². The molecule has 5 rings (SSSR count). The summed E-state index contributed by atoms with van der Waals surface area (Å²) < 4.78 is 20.4. The minimum atomic E-state index is -0.305. The monoisotopic (exact) mass is 440 g/mol. The second kappa shape index (κ2) is 7.54. The standard InChI is InChI=1S/C20H13FN4O3S2/c21-13-4-1-11(2-5-13)15-9-29-19-23-24-20(25(15)19)30-10-16(26)12-3-6-17-14(7-12)22-18(27)8-28-17/h1-7,9H,8,10H2,(H,22,27). The molecular formula is C20H13FN4O3S2. The molecule has 1 N–H and O–H groups in total. The van der Waals surface area contributed by atoms with Crippen LogP contribution in [0, 0.1) is 5.82 Å². The number of nitrogens with zero attached hydrogens (tertiary/aromatic N) is 3. The SMILES string of the molecule is O=C1COc2ccc(C(=O)CSc3nnc4scc(-c5ccc(F)cc5)n34)cc2N1. The van der Waals surface area contributed by atoms with Crippen LogP contribution in [0.5, 0.6) is 5.75 Å². The van der Waals surface area contributed by atoms with Gasteiger partial charge in [-0.3, -0.25) is 14.0 Å². The number of hydrogen-bond donors (Lipinski definition) is 1. The number of rotatable bonds is 5. The molecule has 0 aliphatic carbocycles. The number of anilines is 1. The molecule has 10 heteroatoms. The number of thioether (sulfide) groups is 1. The highest BCUT2D eigenvalue weighted by Crippen LogP contribution is 2.32. The largest absolute Gasteiger partial charge is 0.482 e. The van der Waals surface area contributed by atoms with Crippen molar-refractivity contribution in [3.05, 3.63) is 59.2 Å². The number of thiazole rings is 1. The first-order valence-electron chi connectivity index (χ1n) is 8.90. The van der Waals surface area contributed by atoms with Crippen molar-refractivity contribution in [1.82, 2.24) is 14.6 Å². The van der Waals surface area contributed by atoms with Gasteiger partial charge in [0.15, 0.2) is 17.5 Å². The minimum Gasteiger partial charge on any atom is -0.482 e. The van der Waals surface area contributed by atoms with E-state index in [1.54, 1.807) is 30.3 Å². The average molecular weight is 440 g/mol. The summed E-state index contributed by atoms with van der Waals surface area (Å²) in [7, 11) is 0. The fourth-order valence-electron chi connectivity index (χ4n) is 3.08. The molecule has 4 aromatic rings. The van der Waals surface area contributed by atoms with Crippen molar-refractivity contribution in [2.45, 2.75) is 5.16 Å². The Morgan fingerprint density at radius 3 is 2.90 bits per heavy atom. The van der Waals surface area contributed by atoms with Gasteiger partial charge in [-0.25, -0.2) is 4.39 Å². The van der Waals surface area contributed by atoms with Gasteiger partial charge >= 0.3 is 0 Å². The second-order valence-electron chi connectivity index (χ2n) is 6.49. The maximum Gasteiger partial charge on any atom is 0.262 e. The molecule has 0 unspecified atom stereocenters. The van der Waals surface area contributed by atoms with Gasteiger partial charge in [-0.05, 0) is 48.0 Å². The molecule has 1 aliphatic heterocycles. The quantitative estimate of drug-likeness (QED) is 0.374. The Hall–Kier alpha value is -3.24. The maximum absolute atomic E-state index is 13.3. The molecule has 0 saturated heterocycles. The van der Waals surface area contributed by atoms with E-state index in [2.05, 4.69) is 15.5 Å². The molecule has 1 amide bonds. The van der Waals surface area contributed by atoms with Crippen LogP contribution in [0.2, 0.25) is 0 Å². The molecule has 0 atom stereocenters. The summed E-state index contributed by atoms with van der Waals surface area (Å²) in [5.41, 5.74) is 2.63. The third kappa shape index (κ3) is 3.44. The Kier molecular flexibility index (Phi) is 4.72. The molecule has 30 heavy (non-hydrogen) atoms. The first-order valence-corrected chi connectivity index (χ1v) is 10.8. The minimum absolute atomic E-state index is 0.0317. The number of carbonyl (C=O) groups is 2. The number of Topliss-reactive ketones (excluding diaryl/α,β-unsaturated/α-hetero) is 1. The van der Waals surface area contributed by atoms with E-state index in [-0.39, 0.29) is 29.9 Å². The number of carbonyl (C=O) groups excluding carboxylic acids is 2. The fourth-order valence-corrected chi connectivity index (χ4v) is 4.82. The number of aromatic nitrogens is 3. The van der Waals surface area contributed by atoms with Crippen LogP contribution in [0.25, 0.3) is 16.2 Å². The Morgan fingerprint density at radius 1 is 1.23 bits per heavy atom. The first-order chi connectivity index (χ1) is 14.6. The van der Waals surface area contributed by atoms with Crippen LogP contribution in [0.3, 0.4) is 0 Å². The first kappa shape index (κ1) is 18.8. The van der Waals surface area contributed by atoms with Gasteiger partial charge in [0.1, 0.15) is 11.6 Å². The summed E-state index contributed by atoms with van der Waals surface area (Å²) in [5, 5.41) is 13.6. The highest BCUT2D eigenvalue weighted by atomic mass is 32.2. The molecule has 0 radical (unpaired) electrons. The van der Waals surface area contributed by atoms with Crippen LogP contribution < -0.4 is 10.1 Å². The zero-order valence-corrected chi connectivity index (χ0v) is 16.9. The molecule has 0 saturated carbocycles. The predicted octanol–water partition coefficient (Wildman–Crippen LogP) is 3.90. The number of benzene rings is 2. The average Bonchev–Trinajstić information content (AvgIpc) is 3.34. The summed E-state index contributed by atoms with van der Waals surface area (Å²) in [6, 6.07) is 11.2. The van der Waals surface area contributed by atoms with Gasteiger partial charge in [-0.15, -0.1) is 21.5 Å². The van der Waals surface area contributed by atoms with Crippen molar-refractivity contribution >= 4 is 45.4 Å². The van der Waals surface area contributed by atoms with Gasteiger partial charge in [0, 0.05) is 10.9 Å². The lowest BCUT2D eigenvalue weighted by atomic mass is 10.1. The number of ketones is 1. The van der Waals surface area contributed by atoms with Crippen LogP contribution in [-0.2, 0) is 4.79 Å². The maximum atomic E-state index is 13.3. The third-order valence-corrected chi connectivity index (χ3v) is 6.27. The van der Waals surface area contributed by atoms with Gasteiger partial charge in [0.25, 0.3) is 5.91 Å². The van der Waals surface area contributed by atoms with E-state index in [4.69, 9.17) is 4.74 Å². The van der Waals surface area contributed by atoms with E-state index >= 15 is 0 Å². The lowest BCUT2D eigenvalue weighted by molar-refractivity contribution is -0.118. The summed E-state index contributed by atoms with van der Waals surface area (Å²) >= 11 is 2.69. The van der Waals surface area contributed by atoms with E-state index in [9.17, 15) is 14.0 Å². The smallest absolute Gasteiger partial charge is 0.262 e. The van der Waals surface area contributed by atoms with Gasteiger partial charge < -0.3 is 10.1 Å². The number of hydrogen-bond acceptors (Lipinski definition) is 7. The van der Waals surface area contributed by atoms with Crippen LogP contribution >= 0.6 is 23.1 Å². The molecule has 7 nitrogen and oxygen atoms in total. The molecule has 2 aromatic heterocycles. The molecule has 1 aliphatic rings. The van der Waals surface area contributed by atoms with E-state index in [0.717, 1.165) is 11.3 Å². The summed E-state index contributed by atoms with van der Waals surface area (Å²) in [4.78, 5) is 24.9. The predicted molar refractivity (Wildman–Crippen MR) is 112 cm³/mol. The molecule has 150 valence electrons. The fraction of sp³-hybridized carbons (Fsp3) is 0.100. The van der Waals surface area contributed by atoms with E-state index < -0.39 is 0 Å². The highest BCUT2D eigenvalue weighted by molar-refractivity contribution is 7.99. The zero-order valence-electron chi connectivity index (χ0n) is 15.3. The molecular weight excluding hydrogens is 427 g/mol. The van der Waals surface area contributed by atoms with E-state index in [0.29, 0.717) is 27.1 Å². The summed E-state index contributed by atoms with van der Waals surface area (Å²) in [6.45, 7) is -0.0317. The normalized spacial score (nSPS) is 13.0. The molecule has 3 heterocycles. The lowest BCUT2D eigenvalue weighted by Crippen LogP contribution is -2.25. The Balaban J connectivity index is 1.37. The van der Waals surface area contributed by atoms with Crippen molar-refractivity contribution in [3.8, 4) is 17.0 Å². The zero-order chi connectivity index (χ0) is 20.7. The molecule has 0 spiro atoms. The van der Waals surface area contributed by atoms with Crippen molar-refractivity contribution in [3.63, 3.8) is 0 Å².